The molecule has 2 aromatic heterocycles. The highest BCUT2D eigenvalue weighted by Crippen LogP contribution is 2.26. The van der Waals surface area contributed by atoms with Crippen LogP contribution < -0.4 is 16.4 Å². The number of nitrogens with zero attached hydrogens (tertiary/aromatic N) is 2. The zero-order valence-electron chi connectivity index (χ0n) is 10.7. The first-order valence-corrected chi connectivity index (χ1v) is 6.62. The summed E-state index contributed by atoms with van der Waals surface area (Å²) in [5.74, 6) is -0.0469. The average molecular weight is 277 g/mol. The molecule has 0 atom stereocenters. The molecule has 2 rings (SSSR count). The largest absolute Gasteiger partial charge is 0.382 e. The summed E-state index contributed by atoms with van der Waals surface area (Å²) in [5.41, 5.74) is 6.38. The Balaban J connectivity index is 2.13. The molecule has 0 unspecified atom stereocenters. The van der Waals surface area contributed by atoms with E-state index in [-0.39, 0.29) is 17.8 Å². The lowest BCUT2D eigenvalue weighted by molar-refractivity contribution is 0.103. The lowest BCUT2D eigenvalue weighted by atomic mass is 10.4. The Morgan fingerprint density at radius 3 is 2.89 bits per heavy atom. The summed E-state index contributed by atoms with van der Waals surface area (Å²) in [6.45, 7) is 3.99. The van der Waals surface area contributed by atoms with E-state index in [1.54, 1.807) is 24.5 Å². The highest BCUT2D eigenvalue weighted by atomic mass is 32.1. The summed E-state index contributed by atoms with van der Waals surface area (Å²) >= 11 is 1.24. The number of anilines is 3. The Hall–Kier alpha value is -2.15. The monoisotopic (exact) mass is 277 g/mol. The Morgan fingerprint density at radius 1 is 1.47 bits per heavy atom. The standard InChI is InChI=1S/C12H15N5OS/c1-7(2)15-12-17-10(13)9(19-12)11(18)16-8-4-3-5-14-6-8/h3-7H,13H2,1-2H3,(H,15,17)(H,16,18). The first kappa shape index (κ1) is 13.3. The van der Waals surface area contributed by atoms with Crippen LogP contribution in [0.1, 0.15) is 23.5 Å². The van der Waals surface area contributed by atoms with Crippen molar-refractivity contribution in [2.24, 2.45) is 0 Å². The van der Waals surface area contributed by atoms with Crippen molar-refractivity contribution < 1.29 is 4.79 Å². The van der Waals surface area contributed by atoms with E-state index >= 15 is 0 Å². The van der Waals surface area contributed by atoms with E-state index in [0.717, 1.165) is 0 Å². The summed E-state index contributed by atoms with van der Waals surface area (Å²) in [5, 5.41) is 6.49. The van der Waals surface area contributed by atoms with Gasteiger partial charge in [-0.1, -0.05) is 11.3 Å². The first-order valence-electron chi connectivity index (χ1n) is 5.80. The molecule has 0 radical (unpaired) electrons. The van der Waals surface area contributed by atoms with Crippen LogP contribution in [0.3, 0.4) is 0 Å². The van der Waals surface area contributed by atoms with E-state index in [1.807, 2.05) is 13.8 Å². The Bertz CT molecular complexity index is 567. The maximum absolute atomic E-state index is 12.1. The number of thiazole rings is 1. The number of nitrogens with two attached hydrogens (primary N) is 1. The van der Waals surface area contributed by atoms with E-state index < -0.39 is 0 Å². The minimum atomic E-state index is -0.278. The van der Waals surface area contributed by atoms with Crippen molar-refractivity contribution in [2.45, 2.75) is 19.9 Å². The van der Waals surface area contributed by atoms with E-state index in [2.05, 4.69) is 20.6 Å². The molecule has 0 aliphatic rings. The first-order chi connectivity index (χ1) is 9.06. The summed E-state index contributed by atoms with van der Waals surface area (Å²) in [4.78, 5) is 20.5. The third-order valence-corrected chi connectivity index (χ3v) is 3.19. The number of carbonyl (C=O) groups excluding carboxylic acids is 1. The number of carbonyl (C=O) groups is 1. The number of pyridine rings is 1. The van der Waals surface area contributed by atoms with Gasteiger partial charge >= 0.3 is 0 Å². The fourth-order valence-electron chi connectivity index (χ4n) is 1.43. The third-order valence-electron chi connectivity index (χ3n) is 2.19. The molecule has 0 aliphatic heterocycles. The summed E-state index contributed by atoms with van der Waals surface area (Å²) < 4.78 is 0. The number of nitrogen functional groups attached to an aromatic ring is 1. The number of hydrogen-bond acceptors (Lipinski definition) is 6. The van der Waals surface area contributed by atoms with Crippen LogP contribution in [0.2, 0.25) is 0 Å². The molecule has 0 spiro atoms. The van der Waals surface area contributed by atoms with Gasteiger partial charge in [-0.05, 0) is 26.0 Å². The second-order valence-corrected chi connectivity index (χ2v) is 5.23. The van der Waals surface area contributed by atoms with Crippen molar-refractivity contribution in [1.29, 1.82) is 0 Å². The quantitative estimate of drug-likeness (QED) is 0.796. The number of aromatic nitrogens is 2. The van der Waals surface area contributed by atoms with Crippen LogP contribution in [0.5, 0.6) is 0 Å². The molecule has 0 saturated heterocycles. The summed E-state index contributed by atoms with van der Waals surface area (Å²) in [6.07, 6.45) is 3.21. The molecule has 0 aliphatic carbocycles. The van der Waals surface area contributed by atoms with Gasteiger partial charge < -0.3 is 16.4 Å². The van der Waals surface area contributed by atoms with Gasteiger partial charge in [-0.15, -0.1) is 0 Å². The zero-order valence-corrected chi connectivity index (χ0v) is 11.5. The number of nitrogens with one attached hydrogen (secondary N) is 2. The van der Waals surface area contributed by atoms with Crippen molar-refractivity contribution in [3.8, 4) is 0 Å². The van der Waals surface area contributed by atoms with Gasteiger partial charge in [0.15, 0.2) is 5.13 Å². The smallest absolute Gasteiger partial charge is 0.269 e. The molecule has 7 heteroatoms. The minimum Gasteiger partial charge on any atom is -0.382 e. The highest BCUT2D eigenvalue weighted by molar-refractivity contribution is 7.18. The Kier molecular flexibility index (Phi) is 3.96. The highest BCUT2D eigenvalue weighted by Gasteiger charge is 2.16. The minimum absolute atomic E-state index is 0.231. The van der Waals surface area contributed by atoms with E-state index in [4.69, 9.17) is 5.73 Å². The fraction of sp³-hybridized carbons (Fsp3) is 0.250. The normalized spacial score (nSPS) is 10.5. The lowest BCUT2D eigenvalue weighted by Crippen LogP contribution is -2.12. The van der Waals surface area contributed by atoms with E-state index in [9.17, 15) is 4.79 Å². The molecular formula is C12H15N5OS. The maximum Gasteiger partial charge on any atom is 0.269 e. The van der Waals surface area contributed by atoms with Gasteiger partial charge in [0.05, 0.1) is 11.9 Å². The topological polar surface area (TPSA) is 92.9 Å². The van der Waals surface area contributed by atoms with Crippen LogP contribution in [-0.4, -0.2) is 21.9 Å². The van der Waals surface area contributed by atoms with Gasteiger partial charge in [0.2, 0.25) is 0 Å². The molecular weight excluding hydrogens is 262 g/mol. The number of hydrogen-bond donors (Lipinski definition) is 3. The van der Waals surface area contributed by atoms with Gasteiger partial charge in [0, 0.05) is 12.2 Å². The summed E-state index contributed by atoms with van der Waals surface area (Å²) in [7, 11) is 0. The van der Waals surface area contributed by atoms with Crippen molar-refractivity contribution in [3.05, 3.63) is 29.4 Å². The van der Waals surface area contributed by atoms with Crippen LogP contribution in [0, 0.1) is 0 Å². The van der Waals surface area contributed by atoms with Crippen LogP contribution in [-0.2, 0) is 0 Å². The third kappa shape index (κ3) is 3.41. The van der Waals surface area contributed by atoms with Crippen molar-refractivity contribution in [1.82, 2.24) is 9.97 Å². The predicted octanol–water partition coefficient (Wildman–Crippen LogP) is 2.19. The molecule has 6 nitrogen and oxygen atoms in total. The van der Waals surface area contributed by atoms with E-state index in [1.165, 1.54) is 11.3 Å². The van der Waals surface area contributed by atoms with Crippen molar-refractivity contribution >= 4 is 33.9 Å². The molecule has 0 bridgehead atoms. The molecule has 19 heavy (non-hydrogen) atoms. The van der Waals surface area contributed by atoms with Crippen LogP contribution in [0.4, 0.5) is 16.6 Å². The van der Waals surface area contributed by atoms with Crippen molar-refractivity contribution in [2.75, 3.05) is 16.4 Å². The van der Waals surface area contributed by atoms with Crippen LogP contribution >= 0.6 is 11.3 Å². The molecule has 2 heterocycles. The Morgan fingerprint density at radius 2 is 2.26 bits per heavy atom. The SMILES string of the molecule is CC(C)Nc1nc(N)c(C(=O)Nc2cccnc2)s1. The van der Waals surface area contributed by atoms with Crippen LogP contribution in [0.15, 0.2) is 24.5 Å². The molecule has 1 amide bonds. The van der Waals surface area contributed by atoms with E-state index in [0.29, 0.717) is 15.7 Å². The van der Waals surface area contributed by atoms with Gasteiger partial charge in [-0.25, -0.2) is 4.98 Å². The zero-order chi connectivity index (χ0) is 13.8. The molecule has 0 saturated carbocycles. The number of rotatable bonds is 4. The van der Waals surface area contributed by atoms with Crippen LogP contribution in [0.25, 0.3) is 0 Å². The molecule has 0 aromatic carbocycles. The second kappa shape index (κ2) is 5.66. The average Bonchev–Trinajstić information content (AvgIpc) is 2.70. The predicted molar refractivity (Wildman–Crippen MR) is 77.5 cm³/mol. The second-order valence-electron chi connectivity index (χ2n) is 4.23. The van der Waals surface area contributed by atoms with Gasteiger partial charge in [-0.3, -0.25) is 9.78 Å². The maximum atomic E-state index is 12.1. The van der Waals surface area contributed by atoms with Gasteiger partial charge in [-0.2, -0.15) is 0 Å². The fourth-order valence-corrected chi connectivity index (χ4v) is 2.35. The molecule has 2 aromatic rings. The van der Waals surface area contributed by atoms with Gasteiger partial charge in [0.25, 0.3) is 5.91 Å². The molecule has 100 valence electrons. The Labute approximate surface area is 115 Å². The molecule has 0 fully saturated rings. The molecule has 4 N–H and O–H groups in total. The van der Waals surface area contributed by atoms with Crippen molar-refractivity contribution in [3.63, 3.8) is 0 Å². The lowest BCUT2D eigenvalue weighted by Gasteiger charge is -2.04. The summed E-state index contributed by atoms with van der Waals surface area (Å²) in [6, 6.07) is 3.74. The number of amides is 1. The van der Waals surface area contributed by atoms with Gasteiger partial charge in [0.1, 0.15) is 10.7 Å².